The van der Waals surface area contributed by atoms with E-state index in [-0.39, 0.29) is 12.3 Å². The maximum absolute atomic E-state index is 12.6. The predicted molar refractivity (Wildman–Crippen MR) is 98.7 cm³/mol. The lowest BCUT2D eigenvalue weighted by molar-refractivity contribution is -0.149. The number of methoxy groups -OCH3 is 1. The topological polar surface area (TPSA) is 84.9 Å². The molecule has 1 aromatic rings. The molecule has 2 rings (SSSR count). The van der Waals surface area contributed by atoms with Crippen molar-refractivity contribution in [2.24, 2.45) is 5.92 Å². The van der Waals surface area contributed by atoms with Gasteiger partial charge in [0.25, 0.3) is 5.91 Å². The van der Waals surface area contributed by atoms with Gasteiger partial charge in [0, 0.05) is 19.6 Å². The molecule has 1 aromatic carbocycles. The molecule has 26 heavy (non-hydrogen) atoms. The lowest BCUT2D eigenvalue weighted by Crippen LogP contribution is -2.31. The maximum atomic E-state index is 12.6. The molecule has 1 amide bonds. The first kappa shape index (κ1) is 20.2. The molecule has 144 valence electrons. The summed E-state index contributed by atoms with van der Waals surface area (Å²) in [5.41, 5.74) is 1.16. The molecule has 1 aliphatic rings. The van der Waals surface area contributed by atoms with Crippen LogP contribution in [0.25, 0.3) is 0 Å². The molecule has 1 saturated carbocycles. The number of benzene rings is 1. The summed E-state index contributed by atoms with van der Waals surface area (Å²) < 4.78 is 10.6. The van der Waals surface area contributed by atoms with Crippen LogP contribution in [0.1, 0.15) is 54.9 Å². The summed E-state index contributed by atoms with van der Waals surface area (Å²) in [6.07, 6.45) is 5.34. The number of carbonyl (C=O) groups excluding carboxylic acids is 1. The fraction of sp³-hybridized carbons (Fsp3) is 0.600. The quantitative estimate of drug-likeness (QED) is 0.704. The van der Waals surface area contributed by atoms with Crippen LogP contribution in [0.15, 0.2) is 18.2 Å². The third-order valence-corrected chi connectivity index (χ3v) is 4.85. The third kappa shape index (κ3) is 5.73. The van der Waals surface area contributed by atoms with Gasteiger partial charge in [0.05, 0.1) is 12.7 Å². The molecule has 1 unspecified atom stereocenters. The Morgan fingerprint density at radius 3 is 2.62 bits per heavy atom. The zero-order valence-electron chi connectivity index (χ0n) is 15.6. The Balaban J connectivity index is 2.07. The van der Waals surface area contributed by atoms with Crippen molar-refractivity contribution in [1.82, 2.24) is 5.32 Å². The maximum Gasteiger partial charge on any atom is 0.333 e. The summed E-state index contributed by atoms with van der Waals surface area (Å²) >= 11 is 0. The summed E-state index contributed by atoms with van der Waals surface area (Å²) in [7, 11) is 1.52. The Hall–Kier alpha value is -2.08. The van der Waals surface area contributed by atoms with Crippen molar-refractivity contribution in [3.63, 3.8) is 0 Å². The van der Waals surface area contributed by atoms with Crippen LogP contribution in [0.5, 0.6) is 5.75 Å². The van der Waals surface area contributed by atoms with E-state index in [9.17, 15) is 14.7 Å². The largest absolute Gasteiger partial charge is 0.496 e. The summed E-state index contributed by atoms with van der Waals surface area (Å²) in [6, 6.07) is 5.17. The van der Waals surface area contributed by atoms with E-state index in [2.05, 4.69) is 5.32 Å². The van der Waals surface area contributed by atoms with E-state index in [4.69, 9.17) is 9.47 Å². The second-order valence-corrected chi connectivity index (χ2v) is 6.74. The number of amides is 1. The normalized spacial score (nSPS) is 16.1. The monoisotopic (exact) mass is 363 g/mol. The molecule has 0 heterocycles. The number of carboxylic acid groups (broad SMARTS) is 1. The molecule has 2 N–H and O–H groups in total. The molecular formula is C20H29NO5. The fourth-order valence-corrected chi connectivity index (χ4v) is 3.42. The Labute approximate surface area is 154 Å². The highest BCUT2D eigenvalue weighted by molar-refractivity contribution is 5.97. The van der Waals surface area contributed by atoms with E-state index in [1.807, 2.05) is 0 Å². The van der Waals surface area contributed by atoms with Gasteiger partial charge >= 0.3 is 5.97 Å². The average Bonchev–Trinajstić information content (AvgIpc) is 2.66. The van der Waals surface area contributed by atoms with Gasteiger partial charge in [-0.15, -0.1) is 0 Å². The summed E-state index contributed by atoms with van der Waals surface area (Å²) in [5, 5.41) is 12.2. The van der Waals surface area contributed by atoms with Crippen LogP contribution in [0.3, 0.4) is 0 Å². The Morgan fingerprint density at radius 2 is 2.00 bits per heavy atom. The number of aliphatic carboxylic acids is 1. The number of hydrogen-bond donors (Lipinski definition) is 2. The first-order valence-corrected chi connectivity index (χ1v) is 9.34. The summed E-state index contributed by atoms with van der Waals surface area (Å²) in [6.45, 7) is 2.75. The van der Waals surface area contributed by atoms with E-state index in [0.29, 0.717) is 30.4 Å². The van der Waals surface area contributed by atoms with Crippen molar-refractivity contribution in [3.05, 3.63) is 29.3 Å². The first-order chi connectivity index (χ1) is 12.5. The zero-order valence-corrected chi connectivity index (χ0v) is 15.6. The smallest absolute Gasteiger partial charge is 0.333 e. The highest BCUT2D eigenvalue weighted by Gasteiger charge is 2.21. The Bertz CT molecular complexity index is 610. The molecule has 0 bridgehead atoms. The SMILES string of the molecule is CCOC(Cc1ccc(OC)c(C(=O)NCC2CCCCC2)c1)C(=O)O. The van der Waals surface area contributed by atoms with Crippen LogP contribution in [0, 0.1) is 5.92 Å². The summed E-state index contributed by atoms with van der Waals surface area (Å²) in [5.74, 6) is -0.169. The molecule has 1 aliphatic carbocycles. The van der Waals surface area contributed by atoms with Crippen LogP contribution < -0.4 is 10.1 Å². The van der Waals surface area contributed by atoms with Crippen molar-refractivity contribution < 1.29 is 24.2 Å². The number of carbonyl (C=O) groups is 2. The minimum Gasteiger partial charge on any atom is -0.496 e. The molecule has 0 saturated heterocycles. The van der Waals surface area contributed by atoms with Gasteiger partial charge in [-0.1, -0.05) is 25.3 Å². The predicted octanol–water partition coefficient (Wildman–Crippen LogP) is 3.04. The lowest BCUT2D eigenvalue weighted by Gasteiger charge is -2.22. The number of hydrogen-bond acceptors (Lipinski definition) is 4. The number of ether oxygens (including phenoxy) is 2. The molecular weight excluding hydrogens is 334 g/mol. The molecule has 1 atom stereocenters. The van der Waals surface area contributed by atoms with Crippen LogP contribution >= 0.6 is 0 Å². The second-order valence-electron chi connectivity index (χ2n) is 6.74. The van der Waals surface area contributed by atoms with Crippen molar-refractivity contribution in [2.75, 3.05) is 20.3 Å². The van der Waals surface area contributed by atoms with E-state index < -0.39 is 12.1 Å². The van der Waals surface area contributed by atoms with E-state index in [1.54, 1.807) is 25.1 Å². The second kappa shape index (κ2) is 10.2. The van der Waals surface area contributed by atoms with Crippen molar-refractivity contribution in [3.8, 4) is 5.75 Å². The van der Waals surface area contributed by atoms with Crippen LogP contribution in [0.4, 0.5) is 0 Å². The van der Waals surface area contributed by atoms with Gasteiger partial charge in [-0.05, 0) is 43.4 Å². The fourth-order valence-electron chi connectivity index (χ4n) is 3.42. The first-order valence-electron chi connectivity index (χ1n) is 9.34. The number of carboxylic acids is 1. The van der Waals surface area contributed by atoms with Crippen molar-refractivity contribution in [2.45, 2.75) is 51.6 Å². The van der Waals surface area contributed by atoms with E-state index >= 15 is 0 Å². The van der Waals surface area contributed by atoms with E-state index in [1.165, 1.54) is 26.4 Å². The van der Waals surface area contributed by atoms with Crippen LogP contribution in [-0.4, -0.2) is 43.3 Å². The number of nitrogens with one attached hydrogen (secondary N) is 1. The Morgan fingerprint density at radius 1 is 1.27 bits per heavy atom. The van der Waals surface area contributed by atoms with Gasteiger partial charge in [-0.3, -0.25) is 4.79 Å². The molecule has 6 heteroatoms. The lowest BCUT2D eigenvalue weighted by atomic mass is 9.89. The molecule has 0 aromatic heterocycles. The minimum absolute atomic E-state index is 0.183. The highest BCUT2D eigenvalue weighted by Crippen LogP contribution is 2.24. The average molecular weight is 363 g/mol. The van der Waals surface area contributed by atoms with Crippen molar-refractivity contribution in [1.29, 1.82) is 0 Å². The molecule has 1 fully saturated rings. The third-order valence-electron chi connectivity index (χ3n) is 4.85. The van der Waals surface area contributed by atoms with Crippen LogP contribution in [-0.2, 0) is 16.0 Å². The minimum atomic E-state index is -1.01. The highest BCUT2D eigenvalue weighted by atomic mass is 16.5. The van der Waals surface area contributed by atoms with Gasteiger partial charge in [0.2, 0.25) is 0 Å². The molecule has 0 aliphatic heterocycles. The van der Waals surface area contributed by atoms with Crippen molar-refractivity contribution >= 4 is 11.9 Å². The van der Waals surface area contributed by atoms with Crippen LogP contribution in [0.2, 0.25) is 0 Å². The van der Waals surface area contributed by atoms with Gasteiger partial charge < -0.3 is 19.9 Å². The summed E-state index contributed by atoms with van der Waals surface area (Å²) in [4.78, 5) is 23.9. The molecule has 0 radical (unpaired) electrons. The van der Waals surface area contributed by atoms with Gasteiger partial charge in [0.15, 0.2) is 6.10 Å². The molecule has 6 nitrogen and oxygen atoms in total. The van der Waals surface area contributed by atoms with E-state index in [0.717, 1.165) is 18.4 Å². The van der Waals surface area contributed by atoms with Gasteiger partial charge in [-0.2, -0.15) is 0 Å². The Kier molecular flexibility index (Phi) is 7.91. The van der Waals surface area contributed by atoms with Gasteiger partial charge in [0.1, 0.15) is 5.75 Å². The standard InChI is InChI=1S/C20H29NO5/c1-3-26-18(20(23)24)12-15-9-10-17(25-2)16(11-15)19(22)21-13-14-7-5-4-6-8-14/h9-11,14,18H,3-8,12-13H2,1-2H3,(H,21,22)(H,23,24). The number of rotatable bonds is 9. The van der Waals surface area contributed by atoms with Gasteiger partial charge in [-0.25, -0.2) is 4.79 Å². The zero-order chi connectivity index (χ0) is 18.9. The molecule has 0 spiro atoms.